The Kier molecular flexibility index (Phi) is 6.05. The zero-order valence-corrected chi connectivity index (χ0v) is 14.7. The Bertz CT molecular complexity index is 927. The van der Waals surface area contributed by atoms with Gasteiger partial charge in [-0.15, -0.1) is 0 Å². The third-order valence-corrected chi connectivity index (χ3v) is 3.94. The van der Waals surface area contributed by atoms with Gasteiger partial charge in [-0.05, 0) is 29.8 Å². The van der Waals surface area contributed by atoms with E-state index in [-0.39, 0.29) is 12.1 Å². The number of hydrogen-bond donors (Lipinski definition) is 1. The van der Waals surface area contributed by atoms with Gasteiger partial charge >= 0.3 is 0 Å². The second-order valence-corrected chi connectivity index (χ2v) is 5.87. The maximum absolute atomic E-state index is 12.4. The monoisotopic (exact) mass is 357 g/mol. The van der Waals surface area contributed by atoms with Gasteiger partial charge in [0.1, 0.15) is 17.4 Å². The molecule has 0 spiro atoms. The number of hydrogen-bond acceptors (Lipinski definition) is 4. The van der Waals surface area contributed by atoms with Crippen LogP contribution in [0.4, 0.5) is 5.69 Å². The minimum atomic E-state index is -0.442. The van der Waals surface area contributed by atoms with Crippen molar-refractivity contribution < 1.29 is 9.21 Å². The molecule has 2 aromatic carbocycles. The van der Waals surface area contributed by atoms with Gasteiger partial charge in [0.15, 0.2) is 0 Å². The molecule has 3 aromatic rings. The van der Waals surface area contributed by atoms with Crippen LogP contribution in [0.2, 0.25) is 0 Å². The van der Waals surface area contributed by atoms with Crippen LogP contribution >= 0.6 is 0 Å². The first-order chi connectivity index (χ1) is 13.3. The molecule has 5 heteroatoms. The van der Waals surface area contributed by atoms with E-state index in [1.54, 1.807) is 24.6 Å². The number of carbonyl (C=O) groups is 1. The molecule has 0 aliphatic carbocycles. The van der Waals surface area contributed by atoms with Crippen LogP contribution in [0.5, 0.6) is 0 Å². The zero-order chi connectivity index (χ0) is 18.9. The van der Waals surface area contributed by atoms with Gasteiger partial charge in [0, 0.05) is 18.4 Å². The van der Waals surface area contributed by atoms with Gasteiger partial charge in [0.25, 0.3) is 5.91 Å². The molecule has 0 bridgehead atoms. The second-order valence-electron chi connectivity index (χ2n) is 5.87. The molecule has 0 aliphatic heterocycles. The summed E-state index contributed by atoms with van der Waals surface area (Å²) in [6.45, 7) is 0.774. The molecule has 0 saturated heterocycles. The summed E-state index contributed by atoms with van der Waals surface area (Å²) in [6.07, 6.45) is 3.12. The van der Waals surface area contributed by atoms with Gasteiger partial charge in [0.2, 0.25) is 0 Å². The Morgan fingerprint density at radius 1 is 1.04 bits per heavy atom. The van der Waals surface area contributed by atoms with E-state index in [4.69, 9.17) is 4.42 Å². The molecule has 0 atom stereocenters. The van der Waals surface area contributed by atoms with Crippen LogP contribution < -0.4 is 10.2 Å². The van der Waals surface area contributed by atoms with Crippen molar-refractivity contribution in [1.29, 1.82) is 5.26 Å². The predicted octanol–water partition coefficient (Wildman–Crippen LogP) is 4.01. The standard InChI is InChI=1S/C22H19N3O2/c23-14-19(22(26)24-15-21-12-7-13-27-21)17-25(20-10-5-2-6-11-20)16-18-8-3-1-4-9-18/h1-13,17H,15-16H2,(H,24,26)/b19-17-. The topological polar surface area (TPSA) is 69.3 Å². The van der Waals surface area contributed by atoms with E-state index in [0.29, 0.717) is 12.3 Å². The van der Waals surface area contributed by atoms with Crippen molar-refractivity contribution in [3.05, 3.63) is 102 Å². The van der Waals surface area contributed by atoms with Gasteiger partial charge in [-0.1, -0.05) is 48.5 Å². The van der Waals surface area contributed by atoms with Crippen LogP contribution in [0.15, 0.2) is 95.2 Å². The molecular weight excluding hydrogens is 338 g/mol. The van der Waals surface area contributed by atoms with Crippen molar-refractivity contribution in [1.82, 2.24) is 5.32 Å². The molecule has 0 aliphatic rings. The first-order valence-electron chi connectivity index (χ1n) is 8.54. The van der Waals surface area contributed by atoms with E-state index in [1.807, 2.05) is 71.6 Å². The minimum absolute atomic E-state index is 0.0290. The molecule has 1 amide bonds. The summed E-state index contributed by atoms with van der Waals surface area (Å²) in [5, 5.41) is 12.2. The van der Waals surface area contributed by atoms with Crippen molar-refractivity contribution in [2.24, 2.45) is 0 Å². The summed E-state index contributed by atoms with van der Waals surface area (Å²) >= 11 is 0. The lowest BCUT2D eigenvalue weighted by Crippen LogP contribution is -2.26. The highest BCUT2D eigenvalue weighted by Gasteiger charge is 2.13. The largest absolute Gasteiger partial charge is 0.467 e. The lowest BCUT2D eigenvalue weighted by molar-refractivity contribution is -0.117. The molecule has 5 nitrogen and oxygen atoms in total. The summed E-state index contributed by atoms with van der Waals surface area (Å²) < 4.78 is 5.20. The lowest BCUT2D eigenvalue weighted by Gasteiger charge is -2.21. The third kappa shape index (κ3) is 5.10. The average molecular weight is 357 g/mol. The molecule has 0 unspecified atom stereocenters. The first-order valence-corrected chi connectivity index (χ1v) is 8.54. The van der Waals surface area contributed by atoms with Crippen molar-refractivity contribution in [2.45, 2.75) is 13.1 Å². The predicted molar refractivity (Wildman–Crippen MR) is 103 cm³/mol. The Morgan fingerprint density at radius 3 is 2.37 bits per heavy atom. The van der Waals surface area contributed by atoms with E-state index in [2.05, 4.69) is 5.32 Å². The van der Waals surface area contributed by atoms with Gasteiger partial charge in [0.05, 0.1) is 12.8 Å². The number of benzene rings is 2. The van der Waals surface area contributed by atoms with Crippen molar-refractivity contribution in [3.63, 3.8) is 0 Å². The molecule has 1 N–H and O–H groups in total. The fraction of sp³-hybridized carbons (Fsp3) is 0.0909. The maximum Gasteiger partial charge on any atom is 0.263 e. The van der Waals surface area contributed by atoms with Gasteiger partial charge in [-0.25, -0.2) is 0 Å². The first kappa shape index (κ1) is 18.0. The number of nitrogens with one attached hydrogen (secondary N) is 1. The number of amides is 1. The lowest BCUT2D eigenvalue weighted by atomic mass is 10.2. The highest BCUT2D eigenvalue weighted by Crippen LogP contribution is 2.18. The number of carbonyl (C=O) groups excluding carboxylic acids is 1. The quantitative estimate of drug-likeness (QED) is 0.512. The fourth-order valence-electron chi connectivity index (χ4n) is 2.58. The fourth-order valence-corrected chi connectivity index (χ4v) is 2.58. The molecule has 1 heterocycles. The van der Waals surface area contributed by atoms with Gasteiger partial charge in [-0.3, -0.25) is 4.79 Å². The summed E-state index contributed by atoms with van der Waals surface area (Å²) in [5.74, 6) is 0.188. The van der Waals surface area contributed by atoms with E-state index in [1.165, 1.54) is 0 Å². The Labute approximate surface area is 158 Å². The second kappa shape index (κ2) is 9.07. The van der Waals surface area contributed by atoms with Crippen molar-refractivity contribution in [3.8, 4) is 6.07 Å². The maximum atomic E-state index is 12.4. The highest BCUT2D eigenvalue weighted by molar-refractivity contribution is 5.97. The number of furan rings is 1. The molecule has 3 rings (SSSR count). The number of anilines is 1. The number of nitriles is 1. The van der Waals surface area contributed by atoms with Crippen LogP contribution in [-0.4, -0.2) is 5.91 Å². The molecule has 0 fully saturated rings. The average Bonchev–Trinajstić information content (AvgIpc) is 3.24. The van der Waals surface area contributed by atoms with Crippen LogP contribution in [0, 0.1) is 11.3 Å². The third-order valence-electron chi connectivity index (χ3n) is 3.94. The summed E-state index contributed by atoms with van der Waals surface area (Å²) in [5.41, 5.74) is 2.00. The zero-order valence-electron chi connectivity index (χ0n) is 14.7. The summed E-state index contributed by atoms with van der Waals surface area (Å²) in [7, 11) is 0. The van der Waals surface area contributed by atoms with E-state index >= 15 is 0 Å². The van der Waals surface area contributed by atoms with E-state index in [0.717, 1.165) is 11.3 Å². The van der Waals surface area contributed by atoms with Crippen molar-refractivity contribution in [2.75, 3.05) is 4.90 Å². The number of nitrogens with zero attached hydrogens (tertiary/aromatic N) is 2. The summed E-state index contributed by atoms with van der Waals surface area (Å²) in [4.78, 5) is 14.3. The molecule has 27 heavy (non-hydrogen) atoms. The highest BCUT2D eigenvalue weighted by atomic mass is 16.3. The normalized spacial score (nSPS) is 10.9. The Balaban J connectivity index is 1.81. The van der Waals surface area contributed by atoms with Crippen LogP contribution in [0.25, 0.3) is 0 Å². The van der Waals surface area contributed by atoms with Gasteiger partial charge in [-0.2, -0.15) is 5.26 Å². The molecule has 0 radical (unpaired) electrons. The van der Waals surface area contributed by atoms with Crippen molar-refractivity contribution >= 4 is 11.6 Å². The summed E-state index contributed by atoms with van der Waals surface area (Å²) in [6, 6.07) is 25.0. The Morgan fingerprint density at radius 2 is 1.74 bits per heavy atom. The van der Waals surface area contributed by atoms with Crippen LogP contribution in [0.1, 0.15) is 11.3 Å². The SMILES string of the molecule is N#C/C(=C/N(Cc1ccccc1)c1ccccc1)C(=O)NCc1ccco1. The smallest absolute Gasteiger partial charge is 0.263 e. The van der Waals surface area contributed by atoms with E-state index in [9.17, 15) is 10.1 Å². The number of rotatable bonds is 7. The Hall–Kier alpha value is -3.78. The minimum Gasteiger partial charge on any atom is -0.467 e. The van der Waals surface area contributed by atoms with Crippen LogP contribution in [0.3, 0.4) is 0 Å². The molecular formula is C22H19N3O2. The van der Waals surface area contributed by atoms with Gasteiger partial charge < -0.3 is 14.6 Å². The number of para-hydroxylation sites is 1. The van der Waals surface area contributed by atoms with E-state index < -0.39 is 5.91 Å². The molecule has 1 aromatic heterocycles. The molecule has 0 saturated carbocycles. The molecule has 134 valence electrons. The van der Waals surface area contributed by atoms with Crippen LogP contribution in [-0.2, 0) is 17.9 Å².